The van der Waals surface area contributed by atoms with E-state index in [9.17, 15) is 19.3 Å². The lowest BCUT2D eigenvalue weighted by molar-refractivity contribution is -0.146. The summed E-state index contributed by atoms with van der Waals surface area (Å²) in [6.07, 6.45) is 4.06. The molecular weight excluding hydrogens is 662 g/mol. The Morgan fingerprint density at radius 2 is 1.71 bits per heavy atom. The number of carbonyl (C=O) groups is 2. The number of imidazole rings is 1. The number of aliphatic hydroxyl groups is 1. The van der Waals surface area contributed by atoms with Gasteiger partial charge in [-0.25, -0.2) is 19.5 Å². The van der Waals surface area contributed by atoms with Crippen LogP contribution in [0.1, 0.15) is 73.5 Å². The summed E-state index contributed by atoms with van der Waals surface area (Å²) in [6.45, 7) is 10.2. The van der Waals surface area contributed by atoms with Gasteiger partial charge in [0.15, 0.2) is 23.2 Å². The predicted octanol–water partition coefficient (Wildman–Crippen LogP) is 2.84. The molecule has 1 saturated heterocycles. The number of halogens is 1. The van der Waals surface area contributed by atoms with Gasteiger partial charge >= 0.3 is 19.6 Å². The highest BCUT2D eigenvalue weighted by atomic mass is 31.2. The maximum atomic E-state index is 16.5. The normalized spacial score (nSPS) is 24.8. The summed E-state index contributed by atoms with van der Waals surface area (Å²) < 4.78 is 54.6. The zero-order valence-corrected chi connectivity index (χ0v) is 29.6. The molecule has 1 saturated carbocycles. The Morgan fingerprint density at radius 3 is 2.20 bits per heavy atom. The van der Waals surface area contributed by atoms with Crippen molar-refractivity contribution in [1.82, 2.24) is 29.7 Å². The number of nitrogen functional groups attached to an aromatic ring is 1. The van der Waals surface area contributed by atoms with Crippen LogP contribution < -0.4 is 21.2 Å². The molecule has 1 aliphatic heterocycles. The van der Waals surface area contributed by atoms with E-state index in [-0.39, 0.29) is 55.5 Å². The Bertz CT molecular complexity index is 1530. The van der Waals surface area contributed by atoms with Gasteiger partial charge in [0.25, 0.3) is 0 Å². The number of anilines is 2. The number of carbonyl (C=O) groups excluding carboxylic acids is 2. The van der Waals surface area contributed by atoms with Crippen LogP contribution in [0.2, 0.25) is 0 Å². The molecule has 2 aromatic rings. The monoisotopic (exact) mass is 710 g/mol. The molecule has 3 heterocycles. The highest BCUT2D eigenvalue weighted by Gasteiger charge is 2.58. The molecule has 49 heavy (non-hydrogen) atoms. The largest absolute Gasteiger partial charge is 0.465 e. The number of aliphatic hydroxyl groups excluding tert-OH is 1. The molecule has 7 atom stereocenters. The van der Waals surface area contributed by atoms with Gasteiger partial charge in [-0.2, -0.15) is 9.97 Å². The molecule has 0 amide bonds. The van der Waals surface area contributed by atoms with Crippen LogP contribution in [-0.4, -0.2) is 92.4 Å². The number of ether oxygens (including phenoxy) is 3. The molecule has 4 unspecified atom stereocenters. The van der Waals surface area contributed by atoms with E-state index in [1.54, 1.807) is 13.8 Å². The number of aromatic nitrogens is 4. The van der Waals surface area contributed by atoms with Crippen molar-refractivity contribution in [2.45, 2.75) is 109 Å². The zero-order chi connectivity index (χ0) is 36.1. The van der Waals surface area contributed by atoms with E-state index in [1.165, 1.54) is 10.9 Å². The van der Waals surface area contributed by atoms with Gasteiger partial charge in [-0.3, -0.25) is 18.7 Å². The Kier molecular flexibility index (Phi) is 12.6. The minimum Gasteiger partial charge on any atom is -0.465 e. The minimum atomic E-state index is -4.40. The first kappa shape index (κ1) is 38.4. The Balaban J connectivity index is 1.65. The van der Waals surface area contributed by atoms with Crippen LogP contribution >= 0.6 is 7.67 Å². The second kappa shape index (κ2) is 16.1. The topological polar surface area (TPSA) is 214 Å². The van der Waals surface area contributed by atoms with Crippen LogP contribution in [-0.2, 0) is 32.9 Å². The Hall–Kier alpha value is -3.39. The average molecular weight is 711 g/mol. The number of nitrogens with zero attached hydrogens (tertiary/aromatic N) is 4. The number of hydrogen-bond donors (Lipinski definition) is 5. The smallest absolute Gasteiger partial charge is 0.342 e. The highest BCUT2D eigenvalue weighted by molar-refractivity contribution is 7.54. The summed E-state index contributed by atoms with van der Waals surface area (Å²) >= 11 is 0. The SMILES string of the molecule is C#CC1(F)C(O)[C@@H](COP(=O)(NC(CC(C)C)C(=O)OCC)N[C@H](CC(C)C)C(=O)OCC)O[C@H]1n1cnc2c(NC3CC3)nc(N)nc21. The molecule has 1 aliphatic carbocycles. The van der Waals surface area contributed by atoms with E-state index in [4.69, 9.17) is 30.9 Å². The van der Waals surface area contributed by atoms with Gasteiger partial charge < -0.3 is 34.9 Å². The molecule has 0 spiro atoms. The molecule has 0 radical (unpaired) electrons. The molecule has 0 aromatic carbocycles. The van der Waals surface area contributed by atoms with Crippen molar-refractivity contribution in [3.8, 4) is 12.3 Å². The fraction of sp³-hybridized carbons (Fsp3) is 0.710. The predicted molar refractivity (Wildman–Crippen MR) is 179 cm³/mol. The van der Waals surface area contributed by atoms with Gasteiger partial charge in [-0.05, 0) is 51.4 Å². The molecule has 272 valence electrons. The van der Waals surface area contributed by atoms with Crippen molar-refractivity contribution in [3.63, 3.8) is 0 Å². The average Bonchev–Trinajstić information content (AvgIpc) is 3.69. The van der Waals surface area contributed by atoms with E-state index >= 15 is 4.39 Å². The zero-order valence-electron chi connectivity index (χ0n) is 28.7. The molecular formula is C31H48FN8O8P. The summed E-state index contributed by atoms with van der Waals surface area (Å²) in [5, 5.41) is 19.9. The fourth-order valence-corrected chi connectivity index (χ4v) is 7.29. The molecule has 16 nitrogen and oxygen atoms in total. The number of nitrogens with one attached hydrogen (secondary N) is 3. The number of rotatable bonds is 18. The van der Waals surface area contributed by atoms with Crippen molar-refractivity contribution in [3.05, 3.63) is 6.33 Å². The molecule has 18 heteroatoms. The summed E-state index contributed by atoms with van der Waals surface area (Å²) in [6, 6.07) is -2.03. The van der Waals surface area contributed by atoms with Crippen molar-refractivity contribution in [2.24, 2.45) is 11.8 Å². The third-order valence-corrected chi connectivity index (χ3v) is 9.72. The maximum Gasteiger partial charge on any atom is 0.342 e. The minimum absolute atomic E-state index is 0.0433. The first-order chi connectivity index (χ1) is 23.1. The molecule has 6 N–H and O–H groups in total. The van der Waals surface area contributed by atoms with Crippen molar-refractivity contribution in [1.29, 1.82) is 0 Å². The lowest BCUT2D eigenvalue weighted by Gasteiger charge is -2.30. The van der Waals surface area contributed by atoms with E-state index in [0.29, 0.717) is 11.3 Å². The molecule has 2 aliphatic rings. The quantitative estimate of drug-likeness (QED) is 0.0855. The fourth-order valence-electron chi connectivity index (χ4n) is 5.47. The van der Waals surface area contributed by atoms with E-state index < -0.39 is 62.4 Å². The van der Waals surface area contributed by atoms with Crippen LogP contribution in [0.5, 0.6) is 0 Å². The van der Waals surface area contributed by atoms with E-state index in [2.05, 4.69) is 30.4 Å². The molecule has 2 aromatic heterocycles. The number of nitrogens with two attached hydrogens (primary N) is 1. The van der Waals surface area contributed by atoms with Crippen LogP contribution in [0.4, 0.5) is 16.2 Å². The summed E-state index contributed by atoms with van der Waals surface area (Å²) in [4.78, 5) is 38.7. The van der Waals surface area contributed by atoms with Crippen LogP contribution in [0.25, 0.3) is 11.2 Å². The highest BCUT2D eigenvalue weighted by Crippen LogP contribution is 2.46. The molecule has 0 bridgehead atoms. The first-order valence-electron chi connectivity index (χ1n) is 16.5. The summed E-state index contributed by atoms with van der Waals surface area (Å²) in [5.41, 5.74) is 3.53. The first-order valence-corrected chi connectivity index (χ1v) is 18.2. The third-order valence-electron chi connectivity index (χ3n) is 7.91. The van der Waals surface area contributed by atoms with Gasteiger partial charge in [0, 0.05) is 6.04 Å². The van der Waals surface area contributed by atoms with Crippen LogP contribution in [0, 0.1) is 24.2 Å². The van der Waals surface area contributed by atoms with Gasteiger partial charge in [0.1, 0.15) is 24.3 Å². The number of terminal acetylenes is 1. The van der Waals surface area contributed by atoms with E-state index in [1.807, 2.05) is 33.6 Å². The van der Waals surface area contributed by atoms with Crippen molar-refractivity contribution in [2.75, 3.05) is 30.9 Å². The molecule has 2 fully saturated rings. The second-order valence-corrected chi connectivity index (χ2v) is 14.9. The Morgan fingerprint density at radius 1 is 1.14 bits per heavy atom. The summed E-state index contributed by atoms with van der Waals surface area (Å²) in [5.74, 6) is 0.800. The molecule has 4 rings (SSSR count). The van der Waals surface area contributed by atoms with Gasteiger partial charge in [-0.1, -0.05) is 33.6 Å². The Labute approximate surface area is 285 Å². The second-order valence-electron chi connectivity index (χ2n) is 13.0. The van der Waals surface area contributed by atoms with Gasteiger partial charge in [0.05, 0.1) is 26.1 Å². The summed E-state index contributed by atoms with van der Waals surface area (Å²) in [7, 11) is -4.40. The maximum absolute atomic E-state index is 16.5. The lowest BCUT2D eigenvalue weighted by Crippen LogP contribution is -2.46. The number of fused-ring (bicyclic) bond motifs is 1. The van der Waals surface area contributed by atoms with Gasteiger partial charge in [0.2, 0.25) is 11.6 Å². The van der Waals surface area contributed by atoms with Crippen LogP contribution in [0.3, 0.4) is 0 Å². The number of alkyl halides is 1. The van der Waals surface area contributed by atoms with Crippen LogP contribution in [0.15, 0.2) is 6.33 Å². The standard InChI is InChI=1S/C31H48FN8O8P/c1-8-31(32)24(41)22(48-29(31)40-16-34-23-25(35-19-11-12-19)36-30(33)37-26(23)40)15-47-49(44,38-20(13-17(4)5)27(42)45-9-2)39-21(14-18(6)7)28(43)46-10-3/h1,16-22,24,29,41H,9-15H2,2-7H3,(H2,38,39,44)(H3,33,35,36,37)/t20-,21?,22-,24?,29-,31?,49?/m1/s1. The third kappa shape index (κ3) is 9.24. The number of hydrogen-bond acceptors (Lipinski definition) is 13. The lowest BCUT2D eigenvalue weighted by atomic mass is 9.97. The van der Waals surface area contributed by atoms with Crippen molar-refractivity contribution >= 4 is 42.5 Å². The van der Waals surface area contributed by atoms with E-state index in [0.717, 1.165) is 12.8 Å². The van der Waals surface area contributed by atoms with Crippen molar-refractivity contribution < 1.29 is 42.4 Å². The number of esters is 2. The van der Waals surface area contributed by atoms with Gasteiger partial charge in [-0.15, -0.1) is 6.42 Å².